The van der Waals surface area contributed by atoms with Crippen LogP contribution in [0.15, 0.2) is 48.5 Å². The van der Waals surface area contributed by atoms with Crippen LogP contribution in [-0.4, -0.2) is 54.6 Å². The van der Waals surface area contributed by atoms with Crippen LogP contribution in [-0.2, 0) is 26.9 Å². The number of nitrogens with two attached hydrogens (primary N) is 1. The fraction of sp³-hybridized carbons (Fsp3) is 0.375. The average molecular weight is 527 g/mol. The number of alkyl halides is 3. The predicted molar refractivity (Wildman–Crippen MR) is 127 cm³/mol. The lowest BCUT2D eigenvalue weighted by molar-refractivity contribution is -0.137. The van der Waals surface area contributed by atoms with Crippen molar-refractivity contribution in [2.45, 2.75) is 31.0 Å². The number of anilines is 1. The molecule has 194 valence electrons. The Balaban J connectivity index is 1.65. The lowest BCUT2D eigenvalue weighted by atomic mass is 9.87. The first-order chi connectivity index (χ1) is 17.0. The Bertz CT molecular complexity index is 1090. The van der Waals surface area contributed by atoms with E-state index in [1.165, 1.54) is 0 Å². The zero-order valence-corrected chi connectivity index (χ0v) is 20.0. The van der Waals surface area contributed by atoms with E-state index >= 15 is 0 Å². The van der Waals surface area contributed by atoms with Crippen LogP contribution in [0.3, 0.4) is 0 Å². The molecule has 3 amide bonds. The minimum absolute atomic E-state index is 0.00458. The van der Waals surface area contributed by atoms with Gasteiger partial charge >= 0.3 is 12.3 Å². The summed E-state index contributed by atoms with van der Waals surface area (Å²) in [5, 5.41) is 5.75. The molecule has 4 N–H and O–H groups in total. The summed E-state index contributed by atoms with van der Waals surface area (Å²) in [6.07, 6.45) is -4.77. The second kappa shape index (κ2) is 11.6. The highest BCUT2D eigenvalue weighted by atomic mass is 35.5. The van der Waals surface area contributed by atoms with Crippen molar-refractivity contribution in [1.82, 2.24) is 10.2 Å². The maximum Gasteiger partial charge on any atom is 0.416 e. The fourth-order valence-corrected chi connectivity index (χ4v) is 4.08. The molecule has 36 heavy (non-hydrogen) atoms. The summed E-state index contributed by atoms with van der Waals surface area (Å²) in [5.41, 5.74) is 4.39. The number of hydrogen-bond acceptors (Lipinski definition) is 5. The Hall–Kier alpha value is -3.31. The maximum absolute atomic E-state index is 12.8. The first-order valence-electron chi connectivity index (χ1n) is 11.1. The Labute approximate surface area is 210 Å². The van der Waals surface area contributed by atoms with Crippen molar-refractivity contribution >= 4 is 35.2 Å². The Morgan fingerprint density at radius 3 is 2.28 bits per heavy atom. The largest absolute Gasteiger partial charge is 0.447 e. The molecule has 0 radical (unpaired) electrons. The minimum Gasteiger partial charge on any atom is -0.447 e. The van der Waals surface area contributed by atoms with Crippen LogP contribution in [0, 0.1) is 0 Å². The molecule has 1 heterocycles. The summed E-state index contributed by atoms with van der Waals surface area (Å²) in [6.45, 7) is 0.245. The van der Waals surface area contributed by atoms with Crippen LogP contribution < -0.4 is 16.4 Å². The van der Waals surface area contributed by atoms with Gasteiger partial charge in [-0.05, 0) is 48.7 Å². The van der Waals surface area contributed by atoms with Gasteiger partial charge in [0.15, 0.2) is 0 Å². The van der Waals surface area contributed by atoms with Gasteiger partial charge in [-0.15, -0.1) is 0 Å². The molecule has 1 aliphatic heterocycles. The quantitative estimate of drug-likeness (QED) is 0.510. The molecule has 0 spiro atoms. The van der Waals surface area contributed by atoms with Crippen LogP contribution in [0.2, 0.25) is 5.02 Å². The minimum atomic E-state index is -4.49. The molecule has 0 bridgehead atoms. The van der Waals surface area contributed by atoms with E-state index in [-0.39, 0.29) is 37.1 Å². The van der Waals surface area contributed by atoms with Gasteiger partial charge in [0.25, 0.3) is 0 Å². The van der Waals surface area contributed by atoms with E-state index in [1.54, 1.807) is 29.2 Å². The van der Waals surface area contributed by atoms with Gasteiger partial charge < -0.3 is 20.7 Å². The third kappa shape index (κ3) is 7.34. The smallest absolute Gasteiger partial charge is 0.416 e. The number of carbonyl (C=O) groups excluding carboxylic acids is 3. The number of carbonyl (C=O) groups is 3. The monoisotopic (exact) mass is 526 g/mol. The average Bonchev–Trinajstić information content (AvgIpc) is 2.84. The molecule has 12 heteroatoms. The molecule has 0 saturated carbocycles. The van der Waals surface area contributed by atoms with E-state index in [2.05, 4.69) is 10.6 Å². The van der Waals surface area contributed by atoms with E-state index in [9.17, 15) is 27.6 Å². The Morgan fingerprint density at radius 2 is 1.69 bits per heavy atom. The summed E-state index contributed by atoms with van der Waals surface area (Å²) in [4.78, 5) is 38.7. The molecular weight excluding hydrogens is 501 g/mol. The van der Waals surface area contributed by atoms with Crippen LogP contribution in [0.4, 0.5) is 23.7 Å². The van der Waals surface area contributed by atoms with Gasteiger partial charge in [-0.3, -0.25) is 14.9 Å². The van der Waals surface area contributed by atoms with Crippen molar-refractivity contribution in [3.05, 3.63) is 64.7 Å². The fourth-order valence-electron chi connectivity index (χ4n) is 3.87. The molecule has 0 unspecified atom stereocenters. The van der Waals surface area contributed by atoms with Gasteiger partial charge in [-0.2, -0.15) is 13.2 Å². The first kappa shape index (κ1) is 27.3. The third-order valence-corrected chi connectivity index (χ3v) is 6.27. The highest BCUT2D eigenvalue weighted by Crippen LogP contribution is 2.30. The van der Waals surface area contributed by atoms with Crippen LogP contribution in [0.25, 0.3) is 0 Å². The number of piperidine rings is 1. The third-order valence-electron chi connectivity index (χ3n) is 5.90. The standard InChI is InChI=1S/C24H26ClF3N4O4/c25-19-4-2-1-3-16(19)13-20(33)31-23(9-11-32(12-10-23)21(34)14-29)15-36-22(35)30-18-7-5-17(6-8-18)24(26,27)28/h1-8H,9-15,29H2,(H,30,35)(H,31,33). The topological polar surface area (TPSA) is 114 Å². The van der Waals surface area contributed by atoms with E-state index < -0.39 is 23.4 Å². The molecule has 1 saturated heterocycles. The van der Waals surface area contributed by atoms with E-state index in [0.717, 1.165) is 24.3 Å². The van der Waals surface area contributed by atoms with Gasteiger partial charge in [0.05, 0.1) is 24.1 Å². The molecule has 0 aliphatic carbocycles. The summed E-state index contributed by atoms with van der Waals surface area (Å²) >= 11 is 6.15. The predicted octanol–water partition coefficient (Wildman–Crippen LogP) is 3.59. The summed E-state index contributed by atoms with van der Waals surface area (Å²) in [5.74, 6) is -0.569. The molecule has 3 rings (SSSR count). The molecule has 2 aromatic rings. The molecule has 1 fully saturated rings. The highest BCUT2D eigenvalue weighted by molar-refractivity contribution is 6.31. The van der Waals surface area contributed by atoms with Crippen molar-refractivity contribution in [2.24, 2.45) is 5.73 Å². The summed E-state index contributed by atoms with van der Waals surface area (Å²) < 4.78 is 43.5. The maximum atomic E-state index is 12.8. The van der Waals surface area contributed by atoms with E-state index in [1.807, 2.05) is 0 Å². The number of nitrogens with zero attached hydrogens (tertiary/aromatic N) is 1. The van der Waals surface area contributed by atoms with Crippen molar-refractivity contribution < 1.29 is 32.3 Å². The van der Waals surface area contributed by atoms with Gasteiger partial charge in [-0.1, -0.05) is 29.8 Å². The Morgan fingerprint density at radius 1 is 1.06 bits per heavy atom. The molecule has 0 atom stereocenters. The first-order valence-corrected chi connectivity index (χ1v) is 11.5. The van der Waals surface area contributed by atoms with Gasteiger partial charge in [0.2, 0.25) is 11.8 Å². The number of benzene rings is 2. The molecule has 1 aliphatic rings. The van der Waals surface area contributed by atoms with Crippen molar-refractivity contribution in [2.75, 3.05) is 31.6 Å². The molecule has 2 aromatic carbocycles. The van der Waals surface area contributed by atoms with Crippen LogP contribution in [0.5, 0.6) is 0 Å². The SMILES string of the molecule is NCC(=O)N1CCC(COC(=O)Nc2ccc(C(F)(F)F)cc2)(NC(=O)Cc2ccccc2Cl)CC1. The normalized spacial score (nSPS) is 15.2. The lowest BCUT2D eigenvalue weighted by Crippen LogP contribution is -2.59. The van der Waals surface area contributed by atoms with Crippen LogP contribution >= 0.6 is 11.6 Å². The number of nitrogens with one attached hydrogen (secondary N) is 2. The second-order valence-electron chi connectivity index (χ2n) is 8.46. The highest BCUT2D eigenvalue weighted by Gasteiger charge is 2.38. The number of rotatable bonds is 7. The van der Waals surface area contributed by atoms with Crippen molar-refractivity contribution in [3.8, 4) is 0 Å². The number of likely N-dealkylation sites (tertiary alicyclic amines) is 1. The second-order valence-corrected chi connectivity index (χ2v) is 8.87. The van der Waals surface area contributed by atoms with Crippen LogP contribution in [0.1, 0.15) is 24.0 Å². The number of ether oxygens (including phenoxy) is 1. The molecule has 8 nitrogen and oxygen atoms in total. The number of hydrogen-bond donors (Lipinski definition) is 3. The van der Waals surface area contributed by atoms with Crippen molar-refractivity contribution in [1.29, 1.82) is 0 Å². The van der Waals surface area contributed by atoms with Crippen molar-refractivity contribution in [3.63, 3.8) is 0 Å². The lowest BCUT2D eigenvalue weighted by Gasteiger charge is -2.41. The Kier molecular flexibility index (Phi) is 8.80. The summed E-state index contributed by atoms with van der Waals surface area (Å²) in [6, 6.07) is 10.8. The number of amides is 3. The van der Waals surface area contributed by atoms with Gasteiger partial charge in [-0.25, -0.2) is 4.79 Å². The zero-order chi connectivity index (χ0) is 26.3. The number of halogens is 4. The van der Waals surface area contributed by atoms with E-state index in [4.69, 9.17) is 22.1 Å². The summed E-state index contributed by atoms with van der Waals surface area (Å²) in [7, 11) is 0. The van der Waals surface area contributed by atoms with E-state index in [0.29, 0.717) is 36.5 Å². The molecular formula is C24H26ClF3N4O4. The zero-order valence-electron chi connectivity index (χ0n) is 19.2. The van der Waals surface area contributed by atoms with Gasteiger partial charge in [0.1, 0.15) is 6.61 Å². The molecule has 0 aromatic heterocycles. The van der Waals surface area contributed by atoms with Gasteiger partial charge in [0, 0.05) is 23.8 Å².